The number of hydrogen-bond acceptors (Lipinski definition) is 5. The average molecular weight is 549 g/mol. The number of carbonyl (C=O) groups is 2. The molecule has 0 radical (unpaired) electrons. The van der Waals surface area contributed by atoms with Crippen molar-refractivity contribution < 1.29 is 19.1 Å². The molecule has 7 heteroatoms. The quantitative estimate of drug-likeness (QED) is 0.154. The van der Waals surface area contributed by atoms with Gasteiger partial charge in [0.25, 0.3) is 11.8 Å². The maximum absolute atomic E-state index is 13.5. The highest BCUT2D eigenvalue weighted by atomic mass is 32.1. The molecule has 1 aliphatic rings. The summed E-state index contributed by atoms with van der Waals surface area (Å²) in [5.41, 5.74) is 2.37. The first-order valence-corrected chi connectivity index (χ1v) is 13.2. The molecule has 0 saturated carbocycles. The van der Waals surface area contributed by atoms with E-state index in [0.29, 0.717) is 34.2 Å². The van der Waals surface area contributed by atoms with Crippen molar-refractivity contribution in [1.82, 2.24) is 5.32 Å². The minimum Gasteiger partial charge on any atom is -0.457 e. The van der Waals surface area contributed by atoms with Gasteiger partial charge in [0.1, 0.15) is 28.6 Å². The van der Waals surface area contributed by atoms with Gasteiger partial charge in [-0.1, -0.05) is 63.2 Å². The monoisotopic (exact) mass is 548 g/mol. The summed E-state index contributed by atoms with van der Waals surface area (Å²) in [5, 5.41) is 2.64. The molecule has 0 atom stereocenters. The Morgan fingerprint density at radius 2 is 1.30 bits per heavy atom. The molecule has 1 fully saturated rings. The van der Waals surface area contributed by atoms with E-state index >= 15 is 0 Å². The van der Waals surface area contributed by atoms with Gasteiger partial charge in [-0.3, -0.25) is 19.8 Å². The number of amides is 2. The van der Waals surface area contributed by atoms with Crippen molar-refractivity contribution in [3.05, 3.63) is 120 Å². The van der Waals surface area contributed by atoms with Crippen LogP contribution in [0.25, 0.3) is 6.08 Å². The van der Waals surface area contributed by atoms with Gasteiger partial charge in [-0.2, -0.15) is 0 Å². The van der Waals surface area contributed by atoms with Crippen molar-refractivity contribution in [2.24, 2.45) is 0 Å². The highest BCUT2D eigenvalue weighted by Gasteiger charge is 2.34. The van der Waals surface area contributed by atoms with Crippen LogP contribution < -0.4 is 19.7 Å². The van der Waals surface area contributed by atoms with Crippen molar-refractivity contribution in [2.45, 2.75) is 26.2 Å². The molecular weight excluding hydrogens is 520 g/mol. The van der Waals surface area contributed by atoms with E-state index in [1.165, 1.54) is 16.5 Å². The molecular formula is C33H28N2O4S. The van der Waals surface area contributed by atoms with Crippen LogP contribution in [0.3, 0.4) is 0 Å². The summed E-state index contributed by atoms with van der Waals surface area (Å²) >= 11 is 5.34. The molecule has 200 valence electrons. The molecule has 2 amide bonds. The van der Waals surface area contributed by atoms with E-state index < -0.39 is 11.8 Å². The van der Waals surface area contributed by atoms with Gasteiger partial charge in [-0.25, -0.2) is 0 Å². The summed E-state index contributed by atoms with van der Waals surface area (Å²) in [6, 6.07) is 31.5. The lowest BCUT2D eigenvalue weighted by molar-refractivity contribution is -0.122. The Labute approximate surface area is 238 Å². The Balaban J connectivity index is 1.34. The van der Waals surface area contributed by atoms with Gasteiger partial charge in [0.05, 0.1) is 5.69 Å². The largest absolute Gasteiger partial charge is 0.457 e. The van der Waals surface area contributed by atoms with Crippen molar-refractivity contribution >= 4 is 40.9 Å². The fourth-order valence-electron chi connectivity index (χ4n) is 4.17. The molecule has 0 spiro atoms. The first-order chi connectivity index (χ1) is 19.2. The van der Waals surface area contributed by atoms with Crippen LogP contribution in [0.5, 0.6) is 23.0 Å². The zero-order chi connectivity index (χ0) is 28.3. The van der Waals surface area contributed by atoms with Crippen LogP contribution in [0.15, 0.2) is 109 Å². The molecule has 0 aromatic heterocycles. The zero-order valence-electron chi connectivity index (χ0n) is 22.4. The number of anilines is 1. The number of nitrogens with one attached hydrogen (secondary N) is 1. The maximum atomic E-state index is 13.5. The molecule has 5 rings (SSSR count). The molecule has 1 saturated heterocycles. The van der Waals surface area contributed by atoms with Crippen LogP contribution in [0.1, 0.15) is 31.9 Å². The molecule has 0 aliphatic carbocycles. The second-order valence-corrected chi connectivity index (χ2v) is 10.7. The molecule has 1 N–H and O–H groups in total. The Bertz CT molecular complexity index is 1590. The van der Waals surface area contributed by atoms with Gasteiger partial charge < -0.3 is 9.47 Å². The van der Waals surface area contributed by atoms with Crippen LogP contribution in [-0.4, -0.2) is 16.9 Å². The zero-order valence-corrected chi connectivity index (χ0v) is 23.2. The molecule has 4 aromatic carbocycles. The summed E-state index contributed by atoms with van der Waals surface area (Å²) in [4.78, 5) is 27.5. The molecule has 1 heterocycles. The lowest BCUT2D eigenvalue weighted by Gasteiger charge is -2.29. The van der Waals surface area contributed by atoms with Crippen molar-refractivity contribution in [1.29, 1.82) is 0 Å². The molecule has 0 bridgehead atoms. The van der Waals surface area contributed by atoms with E-state index in [1.54, 1.807) is 36.4 Å². The predicted octanol–water partition coefficient (Wildman–Crippen LogP) is 7.40. The van der Waals surface area contributed by atoms with E-state index in [1.807, 2.05) is 66.7 Å². The minimum absolute atomic E-state index is 0.0136. The lowest BCUT2D eigenvalue weighted by atomic mass is 9.87. The predicted molar refractivity (Wildman–Crippen MR) is 161 cm³/mol. The van der Waals surface area contributed by atoms with Gasteiger partial charge in [0, 0.05) is 0 Å². The number of carbonyl (C=O) groups excluding carboxylic acids is 2. The van der Waals surface area contributed by atoms with E-state index in [4.69, 9.17) is 21.7 Å². The average Bonchev–Trinajstić information content (AvgIpc) is 2.92. The maximum Gasteiger partial charge on any atom is 0.270 e. The smallest absolute Gasteiger partial charge is 0.270 e. The summed E-state index contributed by atoms with van der Waals surface area (Å²) < 4.78 is 11.9. The molecule has 40 heavy (non-hydrogen) atoms. The number of rotatable bonds is 6. The van der Waals surface area contributed by atoms with Crippen LogP contribution in [0.2, 0.25) is 0 Å². The minimum atomic E-state index is -0.556. The fraction of sp³-hybridized carbons (Fsp3) is 0.121. The molecule has 6 nitrogen and oxygen atoms in total. The van der Waals surface area contributed by atoms with Gasteiger partial charge in [0.15, 0.2) is 5.11 Å². The Morgan fingerprint density at radius 3 is 1.95 bits per heavy atom. The van der Waals surface area contributed by atoms with Gasteiger partial charge in [-0.15, -0.1) is 0 Å². The molecule has 4 aromatic rings. The third-order valence-electron chi connectivity index (χ3n) is 6.30. The first-order valence-electron chi connectivity index (χ1n) is 12.8. The topological polar surface area (TPSA) is 67.9 Å². The van der Waals surface area contributed by atoms with Crippen molar-refractivity contribution in [3.8, 4) is 23.0 Å². The van der Waals surface area contributed by atoms with Crippen molar-refractivity contribution in [2.75, 3.05) is 4.90 Å². The lowest BCUT2D eigenvalue weighted by Crippen LogP contribution is -2.54. The number of para-hydroxylation sites is 1. The second-order valence-electron chi connectivity index (χ2n) is 10.3. The summed E-state index contributed by atoms with van der Waals surface area (Å²) in [7, 11) is 0. The van der Waals surface area contributed by atoms with E-state index in [0.717, 1.165) is 0 Å². The number of thiocarbonyl (C=S) groups is 1. The van der Waals surface area contributed by atoms with Gasteiger partial charge in [0.2, 0.25) is 0 Å². The first kappa shape index (κ1) is 26.8. The number of nitrogens with zero attached hydrogens (tertiary/aromatic N) is 1. The third-order valence-corrected chi connectivity index (χ3v) is 6.59. The van der Waals surface area contributed by atoms with E-state index in [2.05, 4.69) is 26.1 Å². The van der Waals surface area contributed by atoms with Crippen LogP contribution in [0, 0.1) is 0 Å². The Morgan fingerprint density at radius 1 is 0.725 bits per heavy atom. The standard InChI is InChI=1S/C33H28N2O4S/c1-33(2,3)23-12-16-26(17-13-23)39-28-11-7-8-22(20-28)21-29-30(36)34-32(40)35(31(29)37)24-14-18-27(19-15-24)38-25-9-5-4-6-10-25/h4-21H,1-3H3,(H,34,36,40)/b29-21+. The highest BCUT2D eigenvalue weighted by molar-refractivity contribution is 7.80. The number of benzene rings is 4. The fourth-order valence-corrected chi connectivity index (χ4v) is 4.45. The van der Waals surface area contributed by atoms with Gasteiger partial charge in [-0.05, 0) is 95.5 Å². The van der Waals surface area contributed by atoms with Gasteiger partial charge >= 0.3 is 0 Å². The van der Waals surface area contributed by atoms with Crippen LogP contribution in [-0.2, 0) is 15.0 Å². The Kier molecular flexibility index (Phi) is 7.49. The SMILES string of the molecule is CC(C)(C)c1ccc(Oc2cccc(/C=C3\C(=O)NC(=S)N(c4ccc(Oc5ccccc5)cc4)C3=O)c2)cc1. The van der Waals surface area contributed by atoms with E-state index in [9.17, 15) is 9.59 Å². The van der Waals surface area contributed by atoms with Crippen LogP contribution in [0.4, 0.5) is 5.69 Å². The highest BCUT2D eigenvalue weighted by Crippen LogP contribution is 2.29. The Hall–Kier alpha value is -4.75. The summed E-state index contributed by atoms with van der Waals surface area (Å²) in [6.45, 7) is 6.48. The van der Waals surface area contributed by atoms with E-state index in [-0.39, 0.29) is 16.1 Å². The number of hydrogen-bond donors (Lipinski definition) is 1. The third kappa shape index (κ3) is 6.11. The van der Waals surface area contributed by atoms with Crippen molar-refractivity contribution in [3.63, 3.8) is 0 Å². The number of ether oxygens (including phenoxy) is 2. The van der Waals surface area contributed by atoms with Crippen LogP contribution >= 0.6 is 12.2 Å². The normalized spacial score (nSPS) is 14.7. The summed E-state index contributed by atoms with van der Waals surface area (Å²) in [5.74, 6) is 1.51. The molecule has 1 aliphatic heterocycles. The summed E-state index contributed by atoms with van der Waals surface area (Å²) in [6.07, 6.45) is 1.54. The molecule has 0 unspecified atom stereocenters. The second kappa shape index (κ2) is 11.2.